The van der Waals surface area contributed by atoms with E-state index < -0.39 is 0 Å². The minimum absolute atomic E-state index is 0.137. The molecule has 1 amide bonds. The summed E-state index contributed by atoms with van der Waals surface area (Å²) in [5, 5.41) is 7.61. The summed E-state index contributed by atoms with van der Waals surface area (Å²) in [5.74, 6) is 1.07. The van der Waals surface area contributed by atoms with Gasteiger partial charge in [-0.25, -0.2) is 0 Å². The van der Waals surface area contributed by atoms with Gasteiger partial charge in [-0.1, -0.05) is 16.8 Å². The van der Waals surface area contributed by atoms with Gasteiger partial charge in [0, 0.05) is 25.8 Å². The lowest BCUT2D eigenvalue weighted by Crippen LogP contribution is -2.23. The second-order valence-corrected chi connectivity index (χ2v) is 6.00. The SMILES string of the molecule is COC(C)c1noc(CNc2cc(N3CCCC3=O)ccc2Cl)n1. The van der Waals surface area contributed by atoms with Crippen molar-refractivity contribution in [2.24, 2.45) is 0 Å². The van der Waals surface area contributed by atoms with Crippen molar-refractivity contribution >= 4 is 28.9 Å². The van der Waals surface area contributed by atoms with Crippen LogP contribution in [0.5, 0.6) is 0 Å². The lowest BCUT2D eigenvalue weighted by atomic mass is 10.2. The normalized spacial score (nSPS) is 15.8. The van der Waals surface area contributed by atoms with Gasteiger partial charge in [0.1, 0.15) is 6.10 Å². The highest BCUT2D eigenvalue weighted by atomic mass is 35.5. The second kappa shape index (κ2) is 7.19. The number of aromatic nitrogens is 2. The highest BCUT2D eigenvalue weighted by molar-refractivity contribution is 6.33. The van der Waals surface area contributed by atoms with E-state index in [0.29, 0.717) is 35.4 Å². The summed E-state index contributed by atoms with van der Waals surface area (Å²) in [7, 11) is 1.59. The summed E-state index contributed by atoms with van der Waals surface area (Å²) >= 11 is 6.23. The minimum Gasteiger partial charge on any atom is -0.375 e. The zero-order valence-electron chi connectivity index (χ0n) is 13.6. The zero-order valence-corrected chi connectivity index (χ0v) is 14.3. The van der Waals surface area contributed by atoms with Crippen LogP contribution in [0.3, 0.4) is 0 Å². The van der Waals surface area contributed by atoms with E-state index in [-0.39, 0.29) is 12.0 Å². The first kappa shape index (κ1) is 16.7. The average Bonchev–Trinajstić information content (AvgIpc) is 3.22. The first-order chi connectivity index (χ1) is 11.6. The molecule has 128 valence electrons. The third-order valence-electron chi connectivity index (χ3n) is 3.97. The fraction of sp³-hybridized carbons (Fsp3) is 0.438. The van der Waals surface area contributed by atoms with Crippen molar-refractivity contribution in [3.8, 4) is 0 Å². The third kappa shape index (κ3) is 3.52. The molecule has 0 radical (unpaired) electrons. The Morgan fingerprint density at radius 2 is 2.33 bits per heavy atom. The van der Waals surface area contributed by atoms with Crippen molar-refractivity contribution < 1.29 is 14.1 Å². The molecule has 2 heterocycles. The summed E-state index contributed by atoms with van der Waals surface area (Å²) < 4.78 is 10.3. The van der Waals surface area contributed by atoms with Crippen LogP contribution in [0.2, 0.25) is 5.02 Å². The fourth-order valence-electron chi connectivity index (χ4n) is 2.52. The number of anilines is 2. The van der Waals surface area contributed by atoms with E-state index in [9.17, 15) is 4.79 Å². The molecule has 1 saturated heterocycles. The number of halogens is 1. The van der Waals surface area contributed by atoms with E-state index in [0.717, 1.165) is 18.7 Å². The van der Waals surface area contributed by atoms with E-state index in [1.165, 1.54) is 0 Å². The monoisotopic (exact) mass is 350 g/mol. The molecule has 1 N–H and O–H groups in total. The predicted molar refractivity (Wildman–Crippen MR) is 90.1 cm³/mol. The van der Waals surface area contributed by atoms with E-state index in [1.54, 1.807) is 18.1 Å². The Kier molecular flexibility index (Phi) is 5.01. The molecule has 1 aromatic carbocycles. The Morgan fingerprint density at radius 3 is 3.04 bits per heavy atom. The highest BCUT2D eigenvalue weighted by Gasteiger charge is 2.22. The Bertz CT molecular complexity index is 734. The van der Waals surface area contributed by atoms with Crippen molar-refractivity contribution in [3.63, 3.8) is 0 Å². The van der Waals surface area contributed by atoms with Crippen LogP contribution in [0.15, 0.2) is 22.7 Å². The molecule has 7 nitrogen and oxygen atoms in total. The molecule has 1 aliphatic heterocycles. The summed E-state index contributed by atoms with van der Waals surface area (Å²) in [6.07, 6.45) is 1.25. The Morgan fingerprint density at radius 1 is 1.50 bits per heavy atom. The molecule has 1 aliphatic rings. The first-order valence-corrected chi connectivity index (χ1v) is 8.15. The minimum atomic E-state index is -0.226. The van der Waals surface area contributed by atoms with Gasteiger partial charge in [-0.2, -0.15) is 4.98 Å². The van der Waals surface area contributed by atoms with Gasteiger partial charge in [0.25, 0.3) is 0 Å². The molecule has 0 aliphatic carbocycles. The molecule has 1 unspecified atom stereocenters. The fourth-order valence-corrected chi connectivity index (χ4v) is 2.70. The number of hydrogen-bond acceptors (Lipinski definition) is 6. The summed E-state index contributed by atoms with van der Waals surface area (Å²) in [5.41, 5.74) is 1.55. The smallest absolute Gasteiger partial charge is 0.246 e. The summed E-state index contributed by atoms with van der Waals surface area (Å²) in [6.45, 7) is 2.91. The standard InChI is InChI=1S/C16H19ClN4O3/c1-10(23-2)16-19-14(24-20-16)9-18-13-8-11(5-6-12(13)17)21-7-3-4-15(21)22/h5-6,8,10,18H,3-4,7,9H2,1-2H3. The Balaban J connectivity index is 1.70. The molecule has 1 aromatic heterocycles. The van der Waals surface area contributed by atoms with Crippen molar-refractivity contribution in [1.29, 1.82) is 0 Å². The van der Waals surface area contributed by atoms with Crippen molar-refractivity contribution in [1.82, 2.24) is 10.1 Å². The van der Waals surface area contributed by atoms with Gasteiger partial charge in [-0.05, 0) is 31.5 Å². The van der Waals surface area contributed by atoms with Gasteiger partial charge < -0.3 is 19.5 Å². The topological polar surface area (TPSA) is 80.5 Å². The Labute approximate surface area is 144 Å². The van der Waals surface area contributed by atoms with E-state index >= 15 is 0 Å². The molecular weight excluding hydrogens is 332 g/mol. The lowest BCUT2D eigenvalue weighted by molar-refractivity contribution is -0.117. The van der Waals surface area contributed by atoms with Crippen LogP contribution >= 0.6 is 11.6 Å². The molecule has 0 bridgehead atoms. The van der Waals surface area contributed by atoms with Crippen molar-refractivity contribution in [2.75, 3.05) is 23.9 Å². The van der Waals surface area contributed by atoms with Gasteiger partial charge in [0.15, 0.2) is 5.82 Å². The van der Waals surface area contributed by atoms with Crippen LogP contribution in [0, 0.1) is 0 Å². The molecule has 1 atom stereocenters. The van der Waals surface area contributed by atoms with Crippen LogP contribution in [0.4, 0.5) is 11.4 Å². The quantitative estimate of drug-likeness (QED) is 0.861. The Hall–Kier alpha value is -2.12. The van der Waals surface area contributed by atoms with Crippen LogP contribution in [0.1, 0.15) is 37.6 Å². The zero-order chi connectivity index (χ0) is 17.1. The summed E-state index contributed by atoms with van der Waals surface area (Å²) in [4.78, 5) is 17.9. The lowest BCUT2D eigenvalue weighted by Gasteiger charge is -2.17. The largest absolute Gasteiger partial charge is 0.375 e. The second-order valence-electron chi connectivity index (χ2n) is 5.59. The van der Waals surface area contributed by atoms with Crippen LogP contribution in [-0.4, -0.2) is 29.7 Å². The molecule has 2 aromatic rings. The number of carbonyl (C=O) groups is 1. The highest BCUT2D eigenvalue weighted by Crippen LogP contribution is 2.30. The van der Waals surface area contributed by atoms with E-state index in [4.69, 9.17) is 20.9 Å². The van der Waals surface area contributed by atoms with Crippen LogP contribution < -0.4 is 10.2 Å². The maximum atomic E-state index is 11.9. The maximum Gasteiger partial charge on any atom is 0.246 e. The van der Waals surface area contributed by atoms with Gasteiger partial charge in [0.2, 0.25) is 11.8 Å². The number of carbonyl (C=O) groups excluding carboxylic acids is 1. The number of nitrogens with one attached hydrogen (secondary N) is 1. The van der Waals surface area contributed by atoms with Crippen molar-refractivity contribution in [2.45, 2.75) is 32.4 Å². The third-order valence-corrected chi connectivity index (χ3v) is 4.30. The van der Waals surface area contributed by atoms with Crippen LogP contribution in [-0.2, 0) is 16.1 Å². The molecule has 0 spiro atoms. The van der Waals surface area contributed by atoms with Gasteiger partial charge in [-0.15, -0.1) is 0 Å². The number of rotatable bonds is 6. The van der Waals surface area contributed by atoms with E-state index in [2.05, 4.69) is 15.5 Å². The van der Waals surface area contributed by atoms with E-state index in [1.807, 2.05) is 19.1 Å². The summed E-state index contributed by atoms with van der Waals surface area (Å²) in [6, 6.07) is 5.49. The van der Waals surface area contributed by atoms with Gasteiger partial charge in [-0.3, -0.25) is 4.79 Å². The number of methoxy groups -OCH3 is 1. The average molecular weight is 351 g/mol. The molecule has 3 rings (SSSR count). The molecule has 1 fully saturated rings. The predicted octanol–water partition coefficient (Wildman–Crippen LogP) is 3.17. The maximum absolute atomic E-state index is 11.9. The van der Waals surface area contributed by atoms with Gasteiger partial charge in [0.05, 0.1) is 17.3 Å². The number of benzene rings is 1. The molecular formula is C16H19ClN4O3. The molecule has 0 saturated carbocycles. The number of ether oxygens (including phenoxy) is 1. The number of nitrogens with zero attached hydrogens (tertiary/aromatic N) is 3. The van der Waals surface area contributed by atoms with Crippen LogP contribution in [0.25, 0.3) is 0 Å². The van der Waals surface area contributed by atoms with Gasteiger partial charge >= 0.3 is 0 Å². The number of amides is 1. The first-order valence-electron chi connectivity index (χ1n) is 7.77. The molecule has 24 heavy (non-hydrogen) atoms. The van der Waals surface area contributed by atoms with Crippen molar-refractivity contribution in [3.05, 3.63) is 34.9 Å². The molecule has 8 heteroatoms. The number of hydrogen-bond donors (Lipinski definition) is 1.